The maximum absolute atomic E-state index is 11.4. The van der Waals surface area contributed by atoms with Crippen molar-refractivity contribution in [2.75, 3.05) is 0 Å². The summed E-state index contributed by atoms with van der Waals surface area (Å²) in [6.07, 6.45) is 9.89. The Kier molecular flexibility index (Phi) is 10.6. The van der Waals surface area contributed by atoms with Gasteiger partial charge in [-0.05, 0) is 26.2 Å². The summed E-state index contributed by atoms with van der Waals surface area (Å²) in [6, 6.07) is 0. The Hall–Kier alpha value is -0.530. The van der Waals surface area contributed by atoms with E-state index in [0.717, 1.165) is 19.3 Å². The quantitative estimate of drug-likeness (QED) is 0.407. The Morgan fingerprint density at radius 2 is 1.62 bits per heavy atom. The molecule has 0 heterocycles. The van der Waals surface area contributed by atoms with Crippen LogP contribution >= 0.6 is 0 Å². The predicted molar refractivity (Wildman–Crippen MR) is 68.5 cm³/mol. The van der Waals surface area contributed by atoms with Crippen LogP contribution in [0.1, 0.15) is 78.6 Å². The first-order valence-electron chi connectivity index (χ1n) is 6.90. The molecule has 2 nitrogen and oxygen atoms in total. The van der Waals surface area contributed by atoms with Gasteiger partial charge in [0.2, 0.25) is 0 Å². The van der Waals surface area contributed by atoms with Gasteiger partial charge in [-0.2, -0.15) is 0 Å². The van der Waals surface area contributed by atoms with E-state index in [4.69, 9.17) is 4.74 Å². The normalized spacial score (nSPS) is 12.4. The monoisotopic (exact) mass is 228 g/mol. The van der Waals surface area contributed by atoms with Crippen molar-refractivity contribution >= 4 is 5.97 Å². The average Bonchev–Trinajstić information content (AvgIpc) is 2.25. The van der Waals surface area contributed by atoms with Crippen LogP contribution in [0.2, 0.25) is 0 Å². The van der Waals surface area contributed by atoms with Gasteiger partial charge in [0.05, 0.1) is 6.10 Å². The van der Waals surface area contributed by atoms with Crippen LogP contribution in [0.4, 0.5) is 0 Å². The lowest BCUT2D eigenvalue weighted by molar-refractivity contribution is -0.148. The van der Waals surface area contributed by atoms with Crippen molar-refractivity contribution in [3.05, 3.63) is 0 Å². The van der Waals surface area contributed by atoms with Gasteiger partial charge < -0.3 is 4.74 Å². The van der Waals surface area contributed by atoms with E-state index < -0.39 is 0 Å². The maximum atomic E-state index is 11.4. The van der Waals surface area contributed by atoms with E-state index in [1.54, 1.807) is 0 Å². The molecule has 0 fully saturated rings. The van der Waals surface area contributed by atoms with Gasteiger partial charge in [0.1, 0.15) is 0 Å². The third-order valence-electron chi connectivity index (χ3n) is 2.78. The summed E-state index contributed by atoms with van der Waals surface area (Å²) in [5.41, 5.74) is 0. The molecule has 0 amide bonds. The fraction of sp³-hybridized carbons (Fsp3) is 0.929. The van der Waals surface area contributed by atoms with Gasteiger partial charge in [0.15, 0.2) is 0 Å². The lowest BCUT2D eigenvalue weighted by atomic mass is 10.1. The van der Waals surface area contributed by atoms with Crippen molar-refractivity contribution in [3.63, 3.8) is 0 Å². The smallest absolute Gasteiger partial charge is 0.306 e. The number of carbonyl (C=O) groups is 1. The van der Waals surface area contributed by atoms with Gasteiger partial charge in [-0.1, -0.05) is 46.0 Å². The number of ether oxygens (including phenoxy) is 1. The van der Waals surface area contributed by atoms with Gasteiger partial charge in [-0.25, -0.2) is 0 Å². The molecule has 0 aliphatic carbocycles. The van der Waals surface area contributed by atoms with Crippen molar-refractivity contribution in [2.24, 2.45) is 0 Å². The maximum Gasteiger partial charge on any atom is 0.306 e. The summed E-state index contributed by atoms with van der Waals surface area (Å²) >= 11 is 0. The predicted octanol–water partition coefficient (Wildman–Crippen LogP) is 4.47. The number of rotatable bonds is 10. The van der Waals surface area contributed by atoms with E-state index in [9.17, 15) is 4.79 Å². The molecule has 0 bridgehead atoms. The van der Waals surface area contributed by atoms with Crippen molar-refractivity contribution in [1.82, 2.24) is 0 Å². The first kappa shape index (κ1) is 15.5. The minimum atomic E-state index is -0.0138. The van der Waals surface area contributed by atoms with E-state index in [0.29, 0.717) is 6.42 Å². The molecule has 0 saturated carbocycles. The van der Waals surface area contributed by atoms with Crippen molar-refractivity contribution in [3.8, 4) is 0 Å². The molecule has 0 radical (unpaired) electrons. The summed E-state index contributed by atoms with van der Waals surface area (Å²) in [7, 11) is 0. The van der Waals surface area contributed by atoms with Crippen LogP contribution in [0.5, 0.6) is 0 Å². The van der Waals surface area contributed by atoms with Crippen LogP contribution < -0.4 is 0 Å². The van der Waals surface area contributed by atoms with Crippen molar-refractivity contribution < 1.29 is 9.53 Å². The van der Waals surface area contributed by atoms with Gasteiger partial charge in [0, 0.05) is 6.42 Å². The highest BCUT2D eigenvalue weighted by atomic mass is 16.5. The largest absolute Gasteiger partial charge is 0.463 e. The molecular weight excluding hydrogens is 200 g/mol. The molecule has 0 saturated heterocycles. The highest BCUT2D eigenvalue weighted by Gasteiger charge is 2.08. The highest BCUT2D eigenvalue weighted by molar-refractivity contribution is 5.69. The molecule has 0 spiro atoms. The SMILES string of the molecule is CCCCCCC(=O)OC(C)CCCCC. The first-order chi connectivity index (χ1) is 7.70. The third-order valence-corrected chi connectivity index (χ3v) is 2.78. The fourth-order valence-corrected chi connectivity index (χ4v) is 1.72. The number of esters is 1. The molecule has 0 aliphatic rings. The molecule has 96 valence electrons. The molecule has 0 aromatic heterocycles. The van der Waals surface area contributed by atoms with Gasteiger partial charge in [0.25, 0.3) is 0 Å². The Bertz CT molecular complexity index is 166. The number of hydrogen-bond donors (Lipinski definition) is 0. The zero-order valence-electron chi connectivity index (χ0n) is 11.3. The van der Waals surface area contributed by atoms with E-state index in [2.05, 4.69) is 13.8 Å². The molecule has 1 atom stereocenters. The fourth-order valence-electron chi connectivity index (χ4n) is 1.72. The van der Waals surface area contributed by atoms with E-state index in [1.807, 2.05) is 6.92 Å². The minimum Gasteiger partial charge on any atom is -0.463 e. The van der Waals surface area contributed by atoms with Crippen LogP contribution in [0, 0.1) is 0 Å². The zero-order chi connectivity index (χ0) is 12.2. The number of hydrogen-bond acceptors (Lipinski definition) is 2. The average molecular weight is 228 g/mol. The van der Waals surface area contributed by atoms with Crippen molar-refractivity contribution in [1.29, 1.82) is 0 Å². The van der Waals surface area contributed by atoms with E-state index in [-0.39, 0.29) is 12.1 Å². The molecule has 0 rings (SSSR count). The first-order valence-corrected chi connectivity index (χ1v) is 6.90. The lowest BCUT2D eigenvalue weighted by Crippen LogP contribution is -2.14. The highest BCUT2D eigenvalue weighted by Crippen LogP contribution is 2.09. The minimum absolute atomic E-state index is 0.0138. The van der Waals surface area contributed by atoms with Gasteiger partial charge in [-0.3, -0.25) is 4.79 Å². The molecule has 2 heteroatoms. The van der Waals surface area contributed by atoms with E-state index >= 15 is 0 Å². The second kappa shape index (κ2) is 11.0. The van der Waals surface area contributed by atoms with Crippen molar-refractivity contribution in [2.45, 2.75) is 84.7 Å². The number of unbranched alkanes of at least 4 members (excludes halogenated alkanes) is 5. The van der Waals surface area contributed by atoms with Crippen LogP contribution in [0.3, 0.4) is 0 Å². The molecule has 0 aromatic rings. The third kappa shape index (κ3) is 10.0. The molecule has 0 N–H and O–H groups in total. The molecule has 1 unspecified atom stereocenters. The zero-order valence-corrected chi connectivity index (χ0v) is 11.3. The Morgan fingerprint density at radius 1 is 1.00 bits per heavy atom. The van der Waals surface area contributed by atoms with Gasteiger partial charge >= 0.3 is 5.97 Å². The number of carbonyl (C=O) groups excluding carboxylic acids is 1. The molecular formula is C14H28O2. The standard InChI is InChI=1S/C14H28O2/c1-4-6-8-10-12-14(15)16-13(3)11-9-7-5-2/h13H,4-12H2,1-3H3. The second-order valence-corrected chi connectivity index (χ2v) is 4.61. The van der Waals surface area contributed by atoms with Crippen LogP contribution in [-0.2, 0) is 9.53 Å². The topological polar surface area (TPSA) is 26.3 Å². The molecule has 16 heavy (non-hydrogen) atoms. The van der Waals surface area contributed by atoms with Gasteiger partial charge in [-0.15, -0.1) is 0 Å². The molecule has 0 aliphatic heterocycles. The summed E-state index contributed by atoms with van der Waals surface area (Å²) < 4.78 is 5.34. The lowest BCUT2D eigenvalue weighted by Gasteiger charge is -2.12. The van der Waals surface area contributed by atoms with Crippen LogP contribution in [-0.4, -0.2) is 12.1 Å². The summed E-state index contributed by atoms with van der Waals surface area (Å²) in [6.45, 7) is 6.36. The van der Waals surface area contributed by atoms with Crippen LogP contribution in [0.25, 0.3) is 0 Å². The summed E-state index contributed by atoms with van der Waals surface area (Å²) in [5.74, 6) is -0.0138. The van der Waals surface area contributed by atoms with Crippen LogP contribution in [0.15, 0.2) is 0 Å². The summed E-state index contributed by atoms with van der Waals surface area (Å²) in [5, 5.41) is 0. The Morgan fingerprint density at radius 3 is 2.25 bits per heavy atom. The second-order valence-electron chi connectivity index (χ2n) is 4.61. The Balaban J connectivity index is 3.39. The molecule has 0 aromatic carbocycles. The van der Waals surface area contributed by atoms with E-state index in [1.165, 1.54) is 32.1 Å². The summed E-state index contributed by atoms with van der Waals surface area (Å²) in [4.78, 5) is 11.4. The Labute approximate surface area is 101 Å².